The summed E-state index contributed by atoms with van der Waals surface area (Å²) in [6.45, 7) is 1.12. The lowest BCUT2D eigenvalue weighted by molar-refractivity contribution is 0.707. The van der Waals surface area contributed by atoms with Gasteiger partial charge >= 0.3 is 0 Å². The van der Waals surface area contributed by atoms with Gasteiger partial charge in [0, 0.05) is 6.54 Å². The molecule has 1 aliphatic heterocycles. The summed E-state index contributed by atoms with van der Waals surface area (Å²) in [5, 5.41) is 3.20. The van der Waals surface area contributed by atoms with Crippen LogP contribution in [0.15, 0.2) is 24.4 Å². The van der Waals surface area contributed by atoms with Crippen LogP contribution in [0.2, 0.25) is 0 Å². The number of hydrogen-bond donors (Lipinski definition) is 1. The van der Waals surface area contributed by atoms with Crippen molar-refractivity contribution in [3.05, 3.63) is 24.4 Å². The summed E-state index contributed by atoms with van der Waals surface area (Å²) in [5.41, 5.74) is 0. The Labute approximate surface area is 56.5 Å². The highest BCUT2D eigenvalue weighted by Crippen LogP contribution is 1.96. The average molecular weight is 123 g/mol. The maximum absolute atomic E-state index is 3.20. The average Bonchev–Trinajstić information content (AvgIpc) is 2.00. The molecular formula is C8H13N. The SMILES string of the molecule is C1=C\CCCCN\C=C/1. The first-order valence-corrected chi connectivity index (χ1v) is 3.55. The van der Waals surface area contributed by atoms with Gasteiger partial charge in [-0.15, -0.1) is 0 Å². The number of nitrogens with one attached hydrogen (secondary N) is 1. The standard InChI is InChI=1S/C8H13N/c1-2-4-6-8-9-7-5-3-1/h1,3,5,7,9H,2,4,6,8H2/b3-1-,7-5-. The fourth-order valence-electron chi connectivity index (χ4n) is 0.871. The molecule has 0 amide bonds. The normalized spacial score (nSPS) is 26.7. The molecule has 1 aliphatic rings. The van der Waals surface area contributed by atoms with Gasteiger partial charge in [-0.1, -0.05) is 12.2 Å². The van der Waals surface area contributed by atoms with E-state index in [1.54, 1.807) is 0 Å². The maximum atomic E-state index is 3.20. The lowest BCUT2D eigenvalue weighted by Gasteiger charge is -1.95. The van der Waals surface area contributed by atoms with Gasteiger partial charge in [-0.2, -0.15) is 0 Å². The quantitative estimate of drug-likeness (QED) is 0.518. The van der Waals surface area contributed by atoms with Crippen LogP contribution in [0.1, 0.15) is 19.3 Å². The van der Waals surface area contributed by atoms with Crippen LogP contribution in [0.25, 0.3) is 0 Å². The van der Waals surface area contributed by atoms with Gasteiger partial charge in [-0.3, -0.25) is 0 Å². The van der Waals surface area contributed by atoms with Crippen LogP contribution in [-0.2, 0) is 0 Å². The zero-order chi connectivity index (χ0) is 6.36. The third-order valence-electron chi connectivity index (χ3n) is 1.40. The fourth-order valence-corrected chi connectivity index (χ4v) is 0.871. The largest absolute Gasteiger partial charge is 0.391 e. The van der Waals surface area contributed by atoms with Crippen molar-refractivity contribution in [3.63, 3.8) is 0 Å². The molecule has 0 saturated heterocycles. The van der Waals surface area contributed by atoms with Gasteiger partial charge < -0.3 is 5.32 Å². The Morgan fingerprint density at radius 1 is 1.11 bits per heavy atom. The second-order valence-electron chi connectivity index (χ2n) is 2.24. The van der Waals surface area contributed by atoms with Crippen molar-refractivity contribution in [2.75, 3.05) is 6.54 Å². The van der Waals surface area contributed by atoms with E-state index in [1.807, 2.05) is 12.3 Å². The highest BCUT2D eigenvalue weighted by Gasteiger charge is 1.84. The van der Waals surface area contributed by atoms with Crippen molar-refractivity contribution in [1.29, 1.82) is 0 Å². The first-order valence-electron chi connectivity index (χ1n) is 3.55. The zero-order valence-corrected chi connectivity index (χ0v) is 5.64. The second-order valence-corrected chi connectivity index (χ2v) is 2.24. The second kappa shape index (κ2) is 4.19. The Kier molecular flexibility index (Phi) is 2.98. The monoisotopic (exact) mass is 123 g/mol. The van der Waals surface area contributed by atoms with E-state index in [-0.39, 0.29) is 0 Å². The smallest absolute Gasteiger partial charge is 0.0141 e. The molecule has 50 valence electrons. The summed E-state index contributed by atoms with van der Waals surface area (Å²) in [4.78, 5) is 0. The minimum atomic E-state index is 1.12. The fraction of sp³-hybridized carbons (Fsp3) is 0.500. The molecule has 1 rings (SSSR count). The van der Waals surface area contributed by atoms with Gasteiger partial charge in [0.15, 0.2) is 0 Å². The third-order valence-corrected chi connectivity index (χ3v) is 1.40. The van der Waals surface area contributed by atoms with Gasteiger partial charge in [0.25, 0.3) is 0 Å². The van der Waals surface area contributed by atoms with E-state index in [0.29, 0.717) is 0 Å². The van der Waals surface area contributed by atoms with E-state index in [2.05, 4.69) is 17.5 Å². The van der Waals surface area contributed by atoms with E-state index in [1.165, 1.54) is 19.3 Å². The molecule has 0 spiro atoms. The lowest BCUT2D eigenvalue weighted by Crippen LogP contribution is -2.05. The van der Waals surface area contributed by atoms with Crippen LogP contribution in [0.4, 0.5) is 0 Å². The molecule has 0 unspecified atom stereocenters. The number of rotatable bonds is 0. The Morgan fingerprint density at radius 3 is 3.11 bits per heavy atom. The van der Waals surface area contributed by atoms with Crippen molar-refractivity contribution >= 4 is 0 Å². The minimum absolute atomic E-state index is 1.12. The summed E-state index contributed by atoms with van der Waals surface area (Å²) >= 11 is 0. The van der Waals surface area contributed by atoms with Crippen molar-refractivity contribution in [3.8, 4) is 0 Å². The van der Waals surface area contributed by atoms with Crippen LogP contribution in [0, 0.1) is 0 Å². The molecular weight excluding hydrogens is 110 g/mol. The van der Waals surface area contributed by atoms with E-state index >= 15 is 0 Å². The van der Waals surface area contributed by atoms with Crippen LogP contribution < -0.4 is 5.32 Å². The Balaban J connectivity index is 2.28. The lowest BCUT2D eigenvalue weighted by atomic mass is 10.2. The molecule has 0 fully saturated rings. The molecule has 0 bridgehead atoms. The number of hydrogen-bond acceptors (Lipinski definition) is 1. The van der Waals surface area contributed by atoms with E-state index in [9.17, 15) is 0 Å². The van der Waals surface area contributed by atoms with Gasteiger partial charge in [-0.25, -0.2) is 0 Å². The Bertz CT molecular complexity index is 99.7. The molecule has 0 radical (unpaired) electrons. The van der Waals surface area contributed by atoms with Crippen LogP contribution in [-0.4, -0.2) is 6.54 Å². The van der Waals surface area contributed by atoms with E-state index in [0.717, 1.165) is 6.54 Å². The molecule has 1 nitrogen and oxygen atoms in total. The topological polar surface area (TPSA) is 12.0 Å². The maximum Gasteiger partial charge on any atom is 0.0141 e. The summed E-state index contributed by atoms with van der Waals surface area (Å²) in [7, 11) is 0. The molecule has 0 saturated carbocycles. The zero-order valence-electron chi connectivity index (χ0n) is 5.64. The highest BCUT2D eigenvalue weighted by atomic mass is 14.8. The summed E-state index contributed by atoms with van der Waals surface area (Å²) in [6.07, 6.45) is 12.2. The van der Waals surface area contributed by atoms with Crippen LogP contribution in [0.5, 0.6) is 0 Å². The van der Waals surface area contributed by atoms with E-state index < -0.39 is 0 Å². The summed E-state index contributed by atoms with van der Waals surface area (Å²) in [5.74, 6) is 0. The highest BCUT2D eigenvalue weighted by molar-refractivity contribution is 5.01. The van der Waals surface area contributed by atoms with Crippen molar-refractivity contribution in [1.82, 2.24) is 5.32 Å². The number of allylic oxidation sites excluding steroid dienone is 3. The van der Waals surface area contributed by atoms with Gasteiger partial charge in [-0.05, 0) is 31.5 Å². The third kappa shape index (κ3) is 2.96. The molecule has 1 heteroatoms. The minimum Gasteiger partial charge on any atom is -0.391 e. The van der Waals surface area contributed by atoms with Crippen LogP contribution in [0.3, 0.4) is 0 Å². The molecule has 0 aromatic heterocycles. The van der Waals surface area contributed by atoms with Crippen molar-refractivity contribution < 1.29 is 0 Å². The Hall–Kier alpha value is -0.720. The molecule has 0 aromatic rings. The first-order chi connectivity index (χ1) is 4.50. The Morgan fingerprint density at radius 2 is 2.11 bits per heavy atom. The predicted octanol–water partition coefficient (Wildman–Crippen LogP) is 1.83. The van der Waals surface area contributed by atoms with Gasteiger partial charge in [0.1, 0.15) is 0 Å². The van der Waals surface area contributed by atoms with Gasteiger partial charge in [0.05, 0.1) is 0 Å². The summed E-state index contributed by atoms with van der Waals surface area (Å²) < 4.78 is 0. The predicted molar refractivity (Wildman–Crippen MR) is 40.1 cm³/mol. The molecule has 0 atom stereocenters. The van der Waals surface area contributed by atoms with Crippen molar-refractivity contribution in [2.45, 2.75) is 19.3 Å². The molecule has 9 heavy (non-hydrogen) atoms. The van der Waals surface area contributed by atoms with Crippen molar-refractivity contribution in [2.24, 2.45) is 0 Å². The molecule has 0 aliphatic carbocycles. The van der Waals surface area contributed by atoms with Gasteiger partial charge in [0.2, 0.25) is 0 Å². The van der Waals surface area contributed by atoms with E-state index in [4.69, 9.17) is 0 Å². The first kappa shape index (κ1) is 6.40. The molecule has 0 aromatic carbocycles. The molecule has 1 heterocycles. The van der Waals surface area contributed by atoms with Crippen LogP contribution >= 0.6 is 0 Å². The molecule has 1 N–H and O–H groups in total. The summed E-state index contributed by atoms with van der Waals surface area (Å²) in [6, 6.07) is 0.